The molecular formula is C15H21F. The van der Waals surface area contributed by atoms with E-state index in [2.05, 4.69) is 20.8 Å². The fourth-order valence-corrected chi connectivity index (χ4v) is 2.74. The van der Waals surface area contributed by atoms with E-state index in [0.29, 0.717) is 5.92 Å². The van der Waals surface area contributed by atoms with Crippen LogP contribution in [0, 0.1) is 23.6 Å². The zero-order valence-corrected chi connectivity index (χ0v) is 10.4. The van der Waals surface area contributed by atoms with Crippen molar-refractivity contribution < 1.29 is 4.39 Å². The largest absolute Gasteiger partial charge is 0.207 e. The normalized spacial score (nSPS) is 25.8. The Kier molecular flexibility index (Phi) is 3.32. The van der Waals surface area contributed by atoms with Gasteiger partial charge in [-0.3, -0.25) is 0 Å². The first kappa shape index (κ1) is 11.6. The summed E-state index contributed by atoms with van der Waals surface area (Å²) in [5.41, 5.74) is 1.27. The Morgan fingerprint density at radius 2 is 1.81 bits per heavy atom. The van der Waals surface area contributed by atoms with Crippen molar-refractivity contribution in [3.05, 3.63) is 35.6 Å². The lowest BCUT2D eigenvalue weighted by molar-refractivity contribution is 0.484. The van der Waals surface area contributed by atoms with Crippen LogP contribution in [0.1, 0.15) is 45.1 Å². The predicted octanol–water partition coefficient (Wildman–Crippen LogP) is 4.61. The maximum atomic E-state index is 12.8. The molecule has 0 radical (unpaired) electrons. The summed E-state index contributed by atoms with van der Waals surface area (Å²) in [6.45, 7) is 6.88. The van der Waals surface area contributed by atoms with Gasteiger partial charge in [0.05, 0.1) is 0 Å². The van der Waals surface area contributed by atoms with E-state index in [9.17, 15) is 4.39 Å². The molecule has 0 spiro atoms. The third kappa shape index (κ3) is 2.63. The SMILES string of the molecule is CC(CC1CC1C(C)C)c1ccc(F)cc1. The zero-order valence-electron chi connectivity index (χ0n) is 10.4. The second-order valence-electron chi connectivity index (χ2n) is 5.59. The molecule has 0 N–H and O–H groups in total. The monoisotopic (exact) mass is 220 g/mol. The molecule has 3 atom stereocenters. The lowest BCUT2D eigenvalue weighted by atomic mass is 9.93. The summed E-state index contributed by atoms with van der Waals surface area (Å²) in [4.78, 5) is 0. The van der Waals surface area contributed by atoms with Crippen molar-refractivity contribution >= 4 is 0 Å². The quantitative estimate of drug-likeness (QED) is 0.695. The molecule has 1 aliphatic rings. The van der Waals surface area contributed by atoms with E-state index in [0.717, 1.165) is 17.8 Å². The molecule has 1 saturated carbocycles. The van der Waals surface area contributed by atoms with Crippen LogP contribution in [0.25, 0.3) is 0 Å². The van der Waals surface area contributed by atoms with Crippen LogP contribution >= 0.6 is 0 Å². The molecule has 3 unspecified atom stereocenters. The van der Waals surface area contributed by atoms with Crippen molar-refractivity contribution in [1.29, 1.82) is 0 Å². The molecule has 1 fully saturated rings. The number of benzene rings is 1. The Hall–Kier alpha value is -0.850. The van der Waals surface area contributed by atoms with Crippen LogP contribution in [0.5, 0.6) is 0 Å². The summed E-state index contributed by atoms with van der Waals surface area (Å²) < 4.78 is 12.8. The fourth-order valence-electron chi connectivity index (χ4n) is 2.74. The topological polar surface area (TPSA) is 0 Å². The second kappa shape index (κ2) is 4.57. The fraction of sp³-hybridized carbons (Fsp3) is 0.600. The molecule has 1 aromatic carbocycles. The number of hydrogen-bond donors (Lipinski definition) is 0. The maximum absolute atomic E-state index is 12.8. The Morgan fingerprint density at radius 3 is 2.31 bits per heavy atom. The maximum Gasteiger partial charge on any atom is 0.123 e. The Balaban J connectivity index is 1.89. The van der Waals surface area contributed by atoms with Gasteiger partial charge in [-0.05, 0) is 54.2 Å². The summed E-state index contributed by atoms with van der Waals surface area (Å²) in [5.74, 6) is 3.09. The first-order valence-electron chi connectivity index (χ1n) is 6.33. The molecule has 0 heterocycles. The van der Waals surface area contributed by atoms with Gasteiger partial charge >= 0.3 is 0 Å². The second-order valence-corrected chi connectivity index (χ2v) is 5.59. The number of hydrogen-bond acceptors (Lipinski definition) is 0. The van der Waals surface area contributed by atoms with Crippen molar-refractivity contribution in [2.75, 3.05) is 0 Å². The Labute approximate surface area is 97.9 Å². The molecule has 2 rings (SSSR count). The van der Waals surface area contributed by atoms with Crippen LogP contribution in [0.2, 0.25) is 0 Å². The number of rotatable bonds is 4. The van der Waals surface area contributed by atoms with Crippen LogP contribution in [0.15, 0.2) is 24.3 Å². The van der Waals surface area contributed by atoms with Gasteiger partial charge in [-0.2, -0.15) is 0 Å². The molecule has 88 valence electrons. The third-order valence-corrected chi connectivity index (χ3v) is 3.93. The molecule has 0 amide bonds. The summed E-state index contributed by atoms with van der Waals surface area (Å²) in [6, 6.07) is 6.98. The Bertz CT molecular complexity index is 339. The van der Waals surface area contributed by atoms with Crippen molar-refractivity contribution in [2.24, 2.45) is 17.8 Å². The molecule has 0 aromatic heterocycles. The lowest BCUT2D eigenvalue weighted by Crippen LogP contribution is -1.99. The molecule has 16 heavy (non-hydrogen) atoms. The summed E-state index contributed by atoms with van der Waals surface area (Å²) in [6.07, 6.45) is 2.65. The van der Waals surface area contributed by atoms with Crippen molar-refractivity contribution in [3.63, 3.8) is 0 Å². The van der Waals surface area contributed by atoms with Crippen molar-refractivity contribution in [2.45, 2.75) is 39.5 Å². The summed E-state index contributed by atoms with van der Waals surface area (Å²) in [5, 5.41) is 0. The highest BCUT2D eigenvalue weighted by molar-refractivity contribution is 5.20. The standard InChI is InChI=1S/C15H21F/c1-10(2)15-9-13(15)8-11(3)12-4-6-14(16)7-5-12/h4-7,10-11,13,15H,8-9H2,1-3H3. The van der Waals surface area contributed by atoms with Crippen LogP contribution in [0.4, 0.5) is 4.39 Å². The van der Waals surface area contributed by atoms with Crippen molar-refractivity contribution in [3.8, 4) is 0 Å². The van der Waals surface area contributed by atoms with E-state index in [1.54, 1.807) is 12.1 Å². The minimum absolute atomic E-state index is 0.137. The predicted molar refractivity (Wildman–Crippen MR) is 65.9 cm³/mol. The van der Waals surface area contributed by atoms with Gasteiger partial charge in [-0.25, -0.2) is 4.39 Å². The Morgan fingerprint density at radius 1 is 1.19 bits per heavy atom. The van der Waals surface area contributed by atoms with Crippen LogP contribution in [0.3, 0.4) is 0 Å². The van der Waals surface area contributed by atoms with E-state index in [4.69, 9.17) is 0 Å². The molecule has 0 bridgehead atoms. The molecule has 1 aliphatic carbocycles. The highest BCUT2D eigenvalue weighted by Crippen LogP contribution is 2.49. The van der Waals surface area contributed by atoms with E-state index in [-0.39, 0.29) is 5.82 Å². The highest BCUT2D eigenvalue weighted by Gasteiger charge is 2.39. The van der Waals surface area contributed by atoms with Gasteiger partial charge in [-0.15, -0.1) is 0 Å². The van der Waals surface area contributed by atoms with E-state index < -0.39 is 0 Å². The van der Waals surface area contributed by atoms with Gasteiger partial charge in [0.25, 0.3) is 0 Å². The van der Waals surface area contributed by atoms with Gasteiger partial charge in [0.1, 0.15) is 5.82 Å². The lowest BCUT2D eigenvalue weighted by Gasteiger charge is -2.12. The van der Waals surface area contributed by atoms with Crippen LogP contribution in [-0.4, -0.2) is 0 Å². The van der Waals surface area contributed by atoms with Crippen LogP contribution in [-0.2, 0) is 0 Å². The smallest absolute Gasteiger partial charge is 0.123 e. The van der Waals surface area contributed by atoms with Gasteiger partial charge in [-0.1, -0.05) is 32.9 Å². The minimum atomic E-state index is -0.137. The molecule has 0 aliphatic heterocycles. The molecule has 1 aromatic rings. The third-order valence-electron chi connectivity index (χ3n) is 3.93. The zero-order chi connectivity index (χ0) is 11.7. The first-order valence-corrected chi connectivity index (χ1v) is 6.33. The summed E-state index contributed by atoms with van der Waals surface area (Å²) in [7, 11) is 0. The molecule has 1 heteroatoms. The highest BCUT2D eigenvalue weighted by atomic mass is 19.1. The average Bonchev–Trinajstić information content (AvgIpc) is 2.98. The van der Waals surface area contributed by atoms with Crippen LogP contribution < -0.4 is 0 Å². The first-order chi connectivity index (χ1) is 7.58. The van der Waals surface area contributed by atoms with Gasteiger partial charge < -0.3 is 0 Å². The van der Waals surface area contributed by atoms with E-state index in [1.807, 2.05) is 12.1 Å². The number of halogens is 1. The molecule has 0 saturated heterocycles. The average molecular weight is 220 g/mol. The van der Waals surface area contributed by atoms with E-state index in [1.165, 1.54) is 18.4 Å². The van der Waals surface area contributed by atoms with Gasteiger partial charge in [0, 0.05) is 0 Å². The summed E-state index contributed by atoms with van der Waals surface area (Å²) >= 11 is 0. The van der Waals surface area contributed by atoms with Gasteiger partial charge in [0.2, 0.25) is 0 Å². The van der Waals surface area contributed by atoms with E-state index >= 15 is 0 Å². The molecule has 0 nitrogen and oxygen atoms in total. The minimum Gasteiger partial charge on any atom is -0.207 e. The molecular weight excluding hydrogens is 199 g/mol. The van der Waals surface area contributed by atoms with Gasteiger partial charge in [0.15, 0.2) is 0 Å². The van der Waals surface area contributed by atoms with Crippen molar-refractivity contribution in [1.82, 2.24) is 0 Å².